The number of carboxylic acid groups (broad SMARTS) is 2. The number of hydrogen-bond donors (Lipinski definition) is 3. The number of carbonyl (C=O) groups is 4. The molecule has 0 amide bonds. The van der Waals surface area contributed by atoms with E-state index in [4.69, 9.17) is 39.1 Å². The summed E-state index contributed by atoms with van der Waals surface area (Å²) in [5.41, 5.74) is 4.84. The fourth-order valence-corrected chi connectivity index (χ4v) is 1.70. The molecule has 0 saturated carbocycles. The second-order valence-corrected chi connectivity index (χ2v) is 4.83. The third kappa shape index (κ3) is 8.15. The Labute approximate surface area is 140 Å². The fourth-order valence-electron chi connectivity index (χ4n) is 1.15. The normalized spacial score (nSPS) is 10.8. The van der Waals surface area contributed by atoms with Gasteiger partial charge in [-0.05, 0) is 12.1 Å². The van der Waals surface area contributed by atoms with Crippen LogP contribution >= 0.6 is 23.2 Å². The average molecular weight is 366 g/mol. The van der Waals surface area contributed by atoms with Crippen molar-refractivity contribution < 1.29 is 34.1 Å². The van der Waals surface area contributed by atoms with Gasteiger partial charge in [-0.15, -0.1) is 0 Å². The van der Waals surface area contributed by atoms with E-state index in [0.717, 1.165) is 6.92 Å². The van der Waals surface area contributed by atoms with Gasteiger partial charge in [0.25, 0.3) is 0 Å². The highest BCUT2D eigenvalue weighted by atomic mass is 35.5. The first kappa shape index (κ1) is 20.8. The molecule has 0 radical (unpaired) electrons. The number of rotatable bonds is 4. The van der Waals surface area contributed by atoms with Gasteiger partial charge in [0.2, 0.25) is 0 Å². The van der Waals surface area contributed by atoms with Gasteiger partial charge in [-0.25, -0.2) is 4.79 Å². The molecule has 1 aromatic carbocycles. The number of benzene rings is 1. The lowest BCUT2D eigenvalue weighted by molar-refractivity contribution is -0.144. The SMILES string of the molecule is CC(=O)OC(=O)c1c(Cl)cccc1Cl.NC(CC(=O)O)C(=O)O. The first-order valence-corrected chi connectivity index (χ1v) is 6.68. The summed E-state index contributed by atoms with van der Waals surface area (Å²) >= 11 is 11.4. The molecule has 0 aromatic heterocycles. The van der Waals surface area contributed by atoms with E-state index in [1.807, 2.05) is 0 Å². The van der Waals surface area contributed by atoms with E-state index in [1.54, 1.807) is 6.07 Å². The Balaban J connectivity index is 0.000000468. The van der Waals surface area contributed by atoms with E-state index in [1.165, 1.54) is 12.1 Å². The molecule has 1 atom stereocenters. The first-order chi connectivity index (χ1) is 10.6. The maximum absolute atomic E-state index is 11.3. The summed E-state index contributed by atoms with van der Waals surface area (Å²) in [5, 5.41) is 16.3. The van der Waals surface area contributed by atoms with Crippen LogP contribution < -0.4 is 5.73 Å². The van der Waals surface area contributed by atoms with Gasteiger partial charge >= 0.3 is 23.9 Å². The van der Waals surface area contributed by atoms with Crippen molar-refractivity contribution in [3.63, 3.8) is 0 Å². The molecule has 8 nitrogen and oxygen atoms in total. The lowest BCUT2D eigenvalue weighted by Crippen LogP contribution is -2.32. The van der Waals surface area contributed by atoms with Crippen LogP contribution in [0.4, 0.5) is 0 Å². The van der Waals surface area contributed by atoms with Crippen LogP contribution in [0.2, 0.25) is 10.0 Å². The molecule has 0 aliphatic carbocycles. The summed E-state index contributed by atoms with van der Waals surface area (Å²) < 4.78 is 4.35. The first-order valence-electron chi connectivity index (χ1n) is 5.93. The van der Waals surface area contributed by atoms with Crippen LogP contribution in [-0.2, 0) is 19.1 Å². The van der Waals surface area contributed by atoms with Crippen LogP contribution in [0, 0.1) is 0 Å². The quantitative estimate of drug-likeness (QED) is 0.538. The van der Waals surface area contributed by atoms with E-state index in [0.29, 0.717) is 0 Å². The summed E-state index contributed by atoms with van der Waals surface area (Å²) in [4.78, 5) is 41.4. The molecule has 1 rings (SSSR count). The van der Waals surface area contributed by atoms with Gasteiger partial charge in [0.15, 0.2) is 0 Å². The zero-order valence-corrected chi connectivity index (χ0v) is 13.3. The zero-order valence-electron chi connectivity index (χ0n) is 11.8. The highest BCUT2D eigenvalue weighted by Crippen LogP contribution is 2.24. The molecule has 0 aliphatic heterocycles. The maximum Gasteiger partial charge on any atom is 0.348 e. The van der Waals surface area contributed by atoms with E-state index < -0.39 is 36.3 Å². The van der Waals surface area contributed by atoms with Crippen LogP contribution in [0.25, 0.3) is 0 Å². The molecule has 0 aliphatic rings. The lowest BCUT2D eigenvalue weighted by atomic mass is 10.2. The highest BCUT2D eigenvalue weighted by molar-refractivity contribution is 6.39. The largest absolute Gasteiger partial charge is 0.481 e. The lowest BCUT2D eigenvalue weighted by Gasteiger charge is -2.03. The summed E-state index contributed by atoms with van der Waals surface area (Å²) in [5.74, 6) is -4.04. The monoisotopic (exact) mass is 365 g/mol. The van der Waals surface area contributed by atoms with E-state index >= 15 is 0 Å². The molecule has 0 fully saturated rings. The van der Waals surface area contributed by atoms with Crippen molar-refractivity contribution in [1.82, 2.24) is 0 Å². The Kier molecular flexibility index (Phi) is 8.86. The second kappa shape index (κ2) is 9.78. The van der Waals surface area contributed by atoms with Gasteiger partial charge in [-0.2, -0.15) is 0 Å². The molecule has 1 aromatic rings. The van der Waals surface area contributed by atoms with Crippen molar-refractivity contribution >= 4 is 47.1 Å². The number of aliphatic carboxylic acids is 2. The third-order valence-corrected chi connectivity index (χ3v) is 2.74. The Morgan fingerprint density at radius 1 is 1.17 bits per heavy atom. The van der Waals surface area contributed by atoms with Crippen LogP contribution in [-0.4, -0.2) is 40.1 Å². The smallest absolute Gasteiger partial charge is 0.348 e. The Morgan fingerprint density at radius 2 is 1.65 bits per heavy atom. The Hall–Kier alpha value is -2.16. The molecule has 23 heavy (non-hydrogen) atoms. The van der Waals surface area contributed by atoms with Crippen LogP contribution in [0.3, 0.4) is 0 Å². The molecule has 4 N–H and O–H groups in total. The molecule has 0 heterocycles. The van der Waals surface area contributed by atoms with E-state index in [-0.39, 0.29) is 15.6 Å². The minimum atomic E-state index is -1.29. The summed E-state index contributed by atoms with van der Waals surface area (Å²) in [7, 11) is 0. The predicted octanol–water partition coefficient (Wildman–Crippen LogP) is 1.57. The van der Waals surface area contributed by atoms with Gasteiger partial charge in [0, 0.05) is 6.92 Å². The minimum Gasteiger partial charge on any atom is -0.481 e. The Morgan fingerprint density at radius 3 is 1.96 bits per heavy atom. The van der Waals surface area contributed by atoms with Crippen molar-refractivity contribution in [3.8, 4) is 0 Å². The number of halogens is 2. The molecular weight excluding hydrogens is 353 g/mol. The molecule has 0 spiro atoms. The Bertz CT molecular complexity index is 598. The molecule has 126 valence electrons. The van der Waals surface area contributed by atoms with Gasteiger partial charge in [-0.3, -0.25) is 14.4 Å². The van der Waals surface area contributed by atoms with Crippen molar-refractivity contribution in [3.05, 3.63) is 33.8 Å². The number of hydrogen-bond acceptors (Lipinski definition) is 6. The van der Waals surface area contributed by atoms with Crippen LogP contribution in [0.15, 0.2) is 18.2 Å². The zero-order chi connectivity index (χ0) is 18.2. The molecule has 0 bridgehead atoms. The minimum absolute atomic E-state index is 0.00559. The van der Waals surface area contributed by atoms with Gasteiger partial charge in [0.1, 0.15) is 6.04 Å². The van der Waals surface area contributed by atoms with Gasteiger partial charge in [0.05, 0.1) is 22.0 Å². The van der Waals surface area contributed by atoms with Crippen molar-refractivity contribution in [1.29, 1.82) is 0 Å². The van der Waals surface area contributed by atoms with Crippen molar-refractivity contribution in [2.24, 2.45) is 5.73 Å². The van der Waals surface area contributed by atoms with Crippen LogP contribution in [0.5, 0.6) is 0 Å². The highest BCUT2D eigenvalue weighted by Gasteiger charge is 2.17. The number of nitrogens with two attached hydrogens (primary N) is 1. The number of esters is 2. The molecule has 0 saturated heterocycles. The number of ether oxygens (including phenoxy) is 1. The summed E-state index contributed by atoms with van der Waals surface area (Å²) in [6.45, 7) is 1.13. The molecule has 10 heteroatoms. The molecular formula is C13H13Cl2NO7. The standard InChI is InChI=1S/C9H6Cl2O3.C4H7NO4/c1-5(12)14-9(13)8-6(10)3-2-4-7(8)11;5-2(4(8)9)1-3(6)7/h2-4H,1H3;2H,1,5H2,(H,6,7)(H,8,9). The maximum atomic E-state index is 11.3. The van der Waals surface area contributed by atoms with E-state index in [9.17, 15) is 19.2 Å². The van der Waals surface area contributed by atoms with Gasteiger partial charge in [-0.1, -0.05) is 29.3 Å². The van der Waals surface area contributed by atoms with Gasteiger partial charge < -0.3 is 20.7 Å². The number of carbonyl (C=O) groups excluding carboxylic acids is 2. The van der Waals surface area contributed by atoms with Crippen molar-refractivity contribution in [2.45, 2.75) is 19.4 Å². The van der Waals surface area contributed by atoms with Crippen LogP contribution in [0.1, 0.15) is 23.7 Å². The predicted molar refractivity (Wildman–Crippen MR) is 80.4 cm³/mol. The fraction of sp³-hybridized carbons (Fsp3) is 0.231. The third-order valence-electron chi connectivity index (χ3n) is 2.12. The molecule has 1 unspecified atom stereocenters. The summed E-state index contributed by atoms with van der Waals surface area (Å²) in [6, 6.07) is 3.28. The second-order valence-electron chi connectivity index (χ2n) is 4.02. The van der Waals surface area contributed by atoms with Crippen molar-refractivity contribution in [2.75, 3.05) is 0 Å². The van der Waals surface area contributed by atoms with E-state index in [2.05, 4.69) is 4.74 Å². The summed E-state index contributed by atoms with van der Waals surface area (Å²) in [6.07, 6.45) is -0.532. The average Bonchev–Trinajstić information content (AvgIpc) is 2.37. The number of carboxylic acids is 2. The topological polar surface area (TPSA) is 144 Å².